The first-order valence-electron chi connectivity index (χ1n) is 8.09. The summed E-state index contributed by atoms with van der Waals surface area (Å²) in [5, 5.41) is 2.67. The van der Waals surface area contributed by atoms with E-state index in [4.69, 9.17) is 0 Å². The lowest BCUT2D eigenvalue weighted by atomic mass is 9.85. The van der Waals surface area contributed by atoms with Crippen LogP contribution in [0.5, 0.6) is 0 Å². The second-order valence-electron chi connectivity index (χ2n) is 7.02. The van der Waals surface area contributed by atoms with Gasteiger partial charge in [0.2, 0.25) is 0 Å². The van der Waals surface area contributed by atoms with Crippen LogP contribution in [0.4, 0.5) is 0 Å². The Bertz CT molecular complexity index is 783. The van der Waals surface area contributed by atoms with Crippen molar-refractivity contribution >= 4 is 16.3 Å². The molecule has 0 unspecified atom stereocenters. The lowest BCUT2D eigenvalue weighted by Gasteiger charge is -2.18. The summed E-state index contributed by atoms with van der Waals surface area (Å²) in [5.41, 5.74) is 4.27. The summed E-state index contributed by atoms with van der Waals surface area (Å²) in [4.78, 5) is 0. The molecule has 2 aromatic carbocycles. The first kappa shape index (κ1) is 14.8. The van der Waals surface area contributed by atoms with Gasteiger partial charge in [0, 0.05) is 5.41 Å². The van der Waals surface area contributed by atoms with Crippen molar-refractivity contribution in [3.8, 4) is 0 Å². The molecule has 112 valence electrons. The van der Waals surface area contributed by atoms with Gasteiger partial charge in [-0.2, -0.15) is 0 Å². The van der Waals surface area contributed by atoms with Crippen LogP contribution in [0.25, 0.3) is 16.3 Å². The molecule has 0 nitrogen and oxygen atoms in total. The van der Waals surface area contributed by atoms with Crippen LogP contribution in [0, 0.1) is 5.92 Å². The van der Waals surface area contributed by atoms with E-state index in [2.05, 4.69) is 94.5 Å². The zero-order valence-corrected chi connectivity index (χ0v) is 13.9. The van der Waals surface area contributed by atoms with Crippen molar-refractivity contribution in [3.63, 3.8) is 0 Å². The molecule has 0 atom stereocenters. The van der Waals surface area contributed by atoms with Gasteiger partial charge in [0.15, 0.2) is 0 Å². The van der Waals surface area contributed by atoms with Crippen molar-refractivity contribution in [2.75, 3.05) is 0 Å². The van der Waals surface area contributed by atoms with Crippen LogP contribution in [0.1, 0.15) is 38.8 Å². The number of hydrogen-bond acceptors (Lipinski definition) is 0. The lowest BCUT2D eigenvalue weighted by molar-refractivity contribution is 0.684. The molecule has 3 rings (SSSR count). The fourth-order valence-electron chi connectivity index (χ4n) is 3.24. The van der Waals surface area contributed by atoms with Gasteiger partial charge in [0.05, 0.1) is 0 Å². The molecule has 1 aliphatic carbocycles. The van der Waals surface area contributed by atoms with E-state index >= 15 is 0 Å². The van der Waals surface area contributed by atoms with Gasteiger partial charge in [-0.25, -0.2) is 0 Å². The van der Waals surface area contributed by atoms with Gasteiger partial charge < -0.3 is 0 Å². The van der Waals surface area contributed by atoms with Crippen LogP contribution in [0.15, 0.2) is 66.8 Å². The summed E-state index contributed by atoms with van der Waals surface area (Å²) in [7, 11) is 0. The zero-order valence-electron chi connectivity index (χ0n) is 13.9. The molecule has 0 aliphatic heterocycles. The summed E-state index contributed by atoms with van der Waals surface area (Å²) in [6.07, 6.45) is 11.2. The third-order valence-electron chi connectivity index (χ3n) is 4.31. The lowest BCUT2D eigenvalue weighted by Crippen LogP contribution is -2.10. The molecular weight excluding hydrogens is 264 g/mol. The number of rotatable bonds is 3. The third kappa shape index (κ3) is 2.66. The third-order valence-corrected chi connectivity index (χ3v) is 4.31. The number of hydrogen-bond donors (Lipinski definition) is 0. The number of allylic oxidation sites excluding steroid dienone is 6. The van der Waals surface area contributed by atoms with Gasteiger partial charge in [-0.3, -0.25) is 0 Å². The maximum Gasteiger partial charge on any atom is 0.00908 e. The van der Waals surface area contributed by atoms with Crippen molar-refractivity contribution in [2.45, 2.75) is 33.1 Å². The minimum absolute atomic E-state index is 0.0980. The Balaban J connectivity index is 2.10. The molecule has 0 heteroatoms. The van der Waals surface area contributed by atoms with Gasteiger partial charge in [0.1, 0.15) is 0 Å². The molecule has 0 amide bonds. The van der Waals surface area contributed by atoms with E-state index in [1.165, 1.54) is 27.5 Å². The van der Waals surface area contributed by atoms with Crippen LogP contribution in [-0.2, 0) is 5.41 Å². The van der Waals surface area contributed by atoms with E-state index in [0.29, 0.717) is 5.92 Å². The molecule has 2 aromatic rings. The predicted molar refractivity (Wildman–Crippen MR) is 98.1 cm³/mol. The van der Waals surface area contributed by atoms with E-state index in [0.717, 1.165) is 0 Å². The maximum absolute atomic E-state index is 2.39. The highest BCUT2D eigenvalue weighted by Gasteiger charge is 2.29. The molecule has 0 spiro atoms. The van der Waals surface area contributed by atoms with E-state index in [-0.39, 0.29) is 5.41 Å². The van der Waals surface area contributed by atoms with Gasteiger partial charge >= 0.3 is 0 Å². The summed E-state index contributed by atoms with van der Waals surface area (Å²) >= 11 is 0. The fourth-order valence-corrected chi connectivity index (χ4v) is 3.24. The zero-order chi connectivity index (χ0) is 15.7. The normalized spacial score (nSPS) is 16.9. The quantitative estimate of drug-likeness (QED) is 0.583. The minimum Gasteiger partial charge on any atom is -0.0820 e. The van der Waals surface area contributed by atoms with Crippen molar-refractivity contribution in [1.29, 1.82) is 0 Å². The van der Waals surface area contributed by atoms with Crippen LogP contribution in [0.3, 0.4) is 0 Å². The molecule has 0 heterocycles. The van der Waals surface area contributed by atoms with Crippen LogP contribution in [-0.4, -0.2) is 0 Å². The molecule has 0 saturated heterocycles. The van der Waals surface area contributed by atoms with Gasteiger partial charge in [-0.05, 0) is 33.4 Å². The summed E-state index contributed by atoms with van der Waals surface area (Å²) < 4.78 is 0. The second kappa shape index (κ2) is 5.61. The van der Waals surface area contributed by atoms with Crippen LogP contribution in [0.2, 0.25) is 0 Å². The second-order valence-corrected chi connectivity index (χ2v) is 7.02. The van der Waals surface area contributed by atoms with Crippen molar-refractivity contribution in [1.82, 2.24) is 0 Å². The highest BCUT2D eigenvalue weighted by molar-refractivity contribution is 6.00. The van der Waals surface area contributed by atoms with Crippen molar-refractivity contribution < 1.29 is 0 Å². The number of benzene rings is 2. The van der Waals surface area contributed by atoms with E-state index in [1.54, 1.807) is 0 Å². The SMILES string of the molecule is CC(C)/C=C\C=C/C1=CC(C)(C)c2ccc3ccccc3c21. The first-order chi connectivity index (χ1) is 10.5. The standard InChI is InChI=1S/C22H24/c1-16(2)9-5-6-11-18-15-22(3,4)20-14-13-17-10-7-8-12-19(17)21(18)20/h5-16H,1-4H3/b9-5-,11-6-. The van der Waals surface area contributed by atoms with Gasteiger partial charge in [-0.15, -0.1) is 0 Å². The molecule has 0 aromatic heterocycles. The minimum atomic E-state index is 0.0980. The monoisotopic (exact) mass is 288 g/mol. The largest absolute Gasteiger partial charge is 0.0820 e. The van der Waals surface area contributed by atoms with Crippen LogP contribution < -0.4 is 0 Å². The Labute approximate surface area is 133 Å². The van der Waals surface area contributed by atoms with Gasteiger partial charge in [-0.1, -0.05) is 94.5 Å². The van der Waals surface area contributed by atoms with E-state index in [9.17, 15) is 0 Å². The molecular formula is C22H24. The predicted octanol–water partition coefficient (Wildman–Crippen LogP) is 6.28. The summed E-state index contributed by atoms with van der Waals surface area (Å²) in [6.45, 7) is 8.99. The Morgan fingerprint density at radius 1 is 0.955 bits per heavy atom. The van der Waals surface area contributed by atoms with Crippen molar-refractivity contribution in [2.24, 2.45) is 5.92 Å². The highest BCUT2D eigenvalue weighted by atomic mass is 14.3. The Kier molecular flexibility index (Phi) is 3.78. The molecule has 1 aliphatic rings. The molecule has 0 saturated carbocycles. The maximum atomic E-state index is 2.39. The summed E-state index contributed by atoms with van der Waals surface area (Å²) in [5.74, 6) is 0.590. The number of fused-ring (bicyclic) bond motifs is 3. The molecule has 22 heavy (non-hydrogen) atoms. The Morgan fingerprint density at radius 2 is 1.73 bits per heavy atom. The van der Waals surface area contributed by atoms with Crippen LogP contribution >= 0.6 is 0 Å². The van der Waals surface area contributed by atoms with E-state index < -0.39 is 0 Å². The average Bonchev–Trinajstić information content (AvgIpc) is 2.75. The topological polar surface area (TPSA) is 0 Å². The molecule has 0 N–H and O–H groups in total. The molecule has 0 fully saturated rings. The highest BCUT2D eigenvalue weighted by Crippen LogP contribution is 2.44. The first-order valence-corrected chi connectivity index (χ1v) is 8.09. The average molecular weight is 288 g/mol. The Morgan fingerprint density at radius 3 is 2.50 bits per heavy atom. The molecule has 0 radical (unpaired) electrons. The fraction of sp³-hybridized carbons (Fsp3) is 0.273. The Hall–Kier alpha value is -2.08. The molecule has 0 bridgehead atoms. The summed E-state index contributed by atoms with van der Waals surface area (Å²) in [6, 6.07) is 13.2. The van der Waals surface area contributed by atoms with E-state index in [1.807, 2.05) is 0 Å². The van der Waals surface area contributed by atoms with Crippen molar-refractivity contribution in [3.05, 3.63) is 77.9 Å². The van der Waals surface area contributed by atoms with Gasteiger partial charge in [0.25, 0.3) is 0 Å². The smallest absolute Gasteiger partial charge is 0.00908 e.